The first-order valence-electron chi connectivity index (χ1n) is 7.69. The molecule has 2 aliphatic rings. The summed E-state index contributed by atoms with van der Waals surface area (Å²) in [6.07, 6.45) is 4.33. The second kappa shape index (κ2) is 5.45. The van der Waals surface area contributed by atoms with E-state index in [9.17, 15) is 9.18 Å². The van der Waals surface area contributed by atoms with Crippen LogP contribution in [0.15, 0.2) is 23.0 Å². The van der Waals surface area contributed by atoms with Crippen molar-refractivity contribution in [2.45, 2.75) is 44.2 Å². The SMILES string of the molecule is O=C(NCC1Cn2nnc(-c3ccoc3)c2CO1)C1(F)CCC1. The molecule has 0 spiro atoms. The molecule has 7 nitrogen and oxygen atoms in total. The summed E-state index contributed by atoms with van der Waals surface area (Å²) in [4.78, 5) is 11.8. The van der Waals surface area contributed by atoms with Crippen molar-refractivity contribution in [1.82, 2.24) is 20.3 Å². The number of ether oxygens (including phenoxy) is 1. The quantitative estimate of drug-likeness (QED) is 0.922. The second-order valence-corrected chi connectivity index (χ2v) is 6.04. The average Bonchev–Trinajstić information content (AvgIpc) is 3.18. The first kappa shape index (κ1) is 14.4. The lowest BCUT2D eigenvalue weighted by atomic mass is 9.81. The highest BCUT2D eigenvalue weighted by Gasteiger charge is 2.44. The summed E-state index contributed by atoms with van der Waals surface area (Å²) in [5.74, 6) is -0.532. The highest BCUT2D eigenvalue weighted by atomic mass is 19.1. The Morgan fingerprint density at radius 1 is 1.52 bits per heavy atom. The molecule has 3 heterocycles. The van der Waals surface area contributed by atoms with Crippen LogP contribution in [-0.2, 0) is 22.7 Å². The number of halogens is 1. The van der Waals surface area contributed by atoms with Gasteiger partial charge in [-0.2, -0.15) is 0 Å². The van der Waals surface area contributed by atoms with Gasteiger partial charge in [0.15, 0.2) is 5.67 Å². The van der Waals surface area contributed by atoms with E-state index in [1.165, 1.54) is 0 Å². The largest absolute Gasteiger partial charge is 0.472 e. The van der Waals surface area contributed by atoms with Crippen LogP contribution in [0.3, 0.4) is 0 Å². The lowest BCUT2D eigenvalue weighted by Gasteiger charge is -2.33. The molecule has 0 radical (unpaired) electrons. The summed E-state index contributed by atoms with van der Waals surface area (Å²) in [7, 11) is 0. The highest BCUT2D eigenvalue weighted by Crippen LogP contribution is 2.35. The molecule has 23 heavy (non-hydrogen) atoms. The van der Waals surface area contributed by atoms with Crippen LogP contribution < -0.4 is 5.32 Å². The third kappa shape index (κ3) is 2.52. The van der Waals surface area contributed by atoms with Gasteiger partial charge in [-0.25, -0.2) is 9.07 Å². The van der Waals surface area contributed by atoms with Gasteiger partial charge in [-0.15, -0.1) is 5.10 Å². The van der Waals surface area contributed by atoms with E-state index in [1.807, 2.05) is 6.07 Å². The molecule has 1 unspecified atom stereocenters. The lowest BCUT2D eigenvalue weighted by molar-refractivity contribution is -0.139. The number of carbonyl (C=O) groups is 1. The minimum absolute atomic E-state index is 0.242. The van der Waals surface area contributed by atoms with Crippen LogP contribution in [0.4, 0.5) is 4.39 Å². The smallest absolute Gasteiger partial charge is 0.257 e. The van der Waals surface area contributed by atoms with E-state index in [-0.39, 0.29) is 12.6 Å². The molecular formula is C15H17FN4O3. The first-order chi connectivity index (χ1) is 11.2. The fourth-order valence-corrected chi connectivity index (χ4v) is 2.89. The maximum absolute atomic E-state index is 14.0. The van der Waals surface area contributed by atoms with Gasteiger partial charge < -0.3 is 14.5 Å². The van der Waals surface area contributed by atoms with Gasteiger partial charge in [0.05, 0.1) is 37.5 Å². The van der Waals surface area contributed by atoms with Crippen molar-refractivity contribution >= 4 is 5.91 Å². The zero-order valence-electron chi connectivity index (χ0n) is 12.5. The molecule has 1 atom stereocenters. The molecule has 1 saturated carbocycles. The van der Waals surface area contributed by atoms with E-state index < -0.39 is 11.6 Å². The van der Waals surface area contributed by atoms with Crippen LogP contribution in [0.1, 0.15) is 25.0 Å². The van der Waals surface area contributed by atoms with Gasteiger partial charge in [0.25, 0.3) is 5.91 Å². The maximum Gasteiger partial charge on any atom is 0.257 e. The van der Waals surface area contributed by atoms with Crippen molar-refractivity contribution in [2.75, 3.05) is 6.54 Å². The Kier molecular flexibility index (Phi) is 3.41. The summed E-state index contributed by atoms with van der Waals surface area (Å²) < 4.78 is 26.5. The summed E-state index contributed by atoms with van der Waals surface area (Å²) >= 11 is 0. The van der Waals surface area contributed by atoms with Gasteiger partial charge in [0.2, 0.25) is 0 Å². The Morgan fingerprint density at radius 2 is 2.39 bits per heavy atom. The summed E-state index contributed by atoms with van der Waals surface area (Å²) in [5, 5.41) is 10.9. The lowest BCUT2D eigenvalue weighted by Crippen LogP contribution is -2.50. The van der Waals surface area contributed by atoms with Crippen molar-refractivity contribution < 1.29 is 18.3 Å². The summed E-state index contributed by atoms with van der Waals surface area (Å²) in [5.41, 5.74) is 0.779. The topological polar surface area (TPSA) is 82.2 Å². The zero-order chi connectivity index (χ0) is 15.9. The van der Waals surface area contributed by atoms with E-state index in [0.29, 0.717) is 26.0 Å². The molecule has 4 rings (SSSR count). The number of aromatic nitrogens is 3. The Balaban J connectivity index is 1.39. The van der Waals surface area contributed by atoms with Crippen molar-refractivity contribution in [1.29, 1.82) is 0 Å². The first-order valence-corrected chi connectivity index (χ1v) is 7.69. The van der Waals surface area contributed by atoms with E-state index in [4.69, 9.17) is 9.15 Å². The van der Waals surface area contributed by atoms with Gasteiger partial charge >= 0.3 is 0 Å². The van der Waals surface area contributed by atoms with Crippen LogP contribution in [0.5, 0.6) is 0 Å². The molecule has 1 aliphatic heterocycles. The third-order valence-electron chi connectivity index (χ3n) is 4.51. The van der Waals surface area contributed by atoms with Gasteiger partial charge in [0.1, 0.15) is 5.69 Å². The van der Waals surface area contributed by atoms with Crippen LogP contribution in [0, 0.1) is 0 Å². The monoisotopic (exact) mass is 320 g/mol. The Bertz CT molecular complexity index is 708. The Morgan fingerprint density at radius 3 is 3.09 bits per heavy atom. The molecule has 0 bridgehead atoms. The van der Waals surface area contributed by atoms with Gasteiger partial charge in [-0.3, -0.25) is 4.79 Å². The van der Waals surface area contributed by atoms with Gasteiger partial charge in [-0.05, 0) is 25.3 Å². The van der Waals surface area contributed by atoms with E-state index in [0.717, 1.165) is 23.4 Å². The second-order valence-electron chi connectivity index (χ2n) is 6.04. The van der Waals surface area contributed by atoms with Crippen LogP contribution >= 0.6 is 0 Å². The summed E-state index contributed by atoms with van der Waals surface area (Å²) in [6, 6.07) is 1.82. The highest BCUT2D eigenvalue weighted by molar-refractivity contribution is 5.85. The molecule has 1 N–H and O–H groups in total. The molecular weight excluding hydrogens is 303 g/mol. The van der Waals surface area contributed by atoms with Crippen molar-refractivity contribution in [3.63, 3.8) is 0 Å². The normalized spacial score (nSPS) is 22.2. The Hall–Kier alpha value is -2.22. The molecule has 0 aromatic carbocycles. The number of amides is 1. The minimum Gasteiger partial charge on any atom is -0.472 e. The number of alkyl halides is 1. The van der Waals surface area contributed by atoms with Gasteiger partial charge in [-0.1, -0.05) is 5.21 Å². The van der Waals surface area contributed by atoms with Crippen LogP contribution in [0.25, 0.3) is 11.3 Å². The van der Waals surface area contributed by atoms with Crippen molar-refractivity contribution in [2.24, 2.45) is 0 Å². The number of furan rings is 1. The predicted octanol–water partition coefficient (Wildman–Crippen LogP) is 1.45. The molecule has 1 amide bonds. The molecule has 1 fully saturated rings. The van der Waals surface area contributed by atoms with E-state index >= 15 is 0 Å². The number of nitrogens with one attached hydrogen (secondary N) is 1. The van der Waals surface area contributed by atoms with Crippen molar-refractivity contribution in [3.05, 3.63) is 24.3 Å². The fraction of sp³-hybridized carbons (Fsp3) is 0.533. The number of nitrogens with zero attached hydrogens (tertiary/aromatic N) is 3. The number of carbonyl (C=O) groups excluding carboxylic acids is 1. The molecule has 0 saturated heterocycles. The average molecular weight is 320 g/mol. The molecule has 8 heteroatoms. The van der Waals surface area contributed by atoms with Crippen molar-refractivity contribution in [3.8, 4) is 11.3 Å². The molecule has 2 aromatic heterocycles. The third-order valence-corrected chi connectivity index (χ3v) is 4.51. The number of hydrogen-bond donors (Lipinski definition) is 1. The molecule has 2 aromatic rings. The molecule has 122 valence electrons. The van der Waals surface area contributed by atoms with Crippen LogP contribution in [0.2, 0.25) is 0 Å². The van der Waals surface area contributed by atoms with Crippen LogP contribution in [-0.4, -0.2) is 39.2 Å². The fourth-order valence-electron chi connectivity index (χ4n) is 2.89. The maximum atomic E-state index is 14.0. The predicted molar refractivity (Wildman–Crippen MR) is 77.0 cm³/mol. The summed E-state index contributed by atoms with van der Waals surface area (Å²) in [6.45, 7) is 1.08. The minimum atomic E-state index is -1.68. The van der Waals surface area contributed by atoms with E-state index in [1.54, 1.807) is 17.2 Å². The number of hydrogen-bond acceptors (Lipinski definition) is 5. The standard InChI is InChI=1S/C15H17FN4O3/c16-15(3-1-4-15)14(21)17-6-11-7-20-12(9-23-11)13(18-19-20)10-2-5-22-8-10/h2,5,8,11H,1,3-4,6-7,9H2,(H,17,21). The van der Waals surface area contributed by atoms with E-state index in [2.05, 4.69) is 15.6 Å². The van der Waals surface area contributed by atoms with Gasteiger partial charge in [0, 0.05) is 12.1 Å². The number of rotatable bonds is 4. The Labute approximate surface area is 131 Å². The zero-order valence-corrected chi connectivity index (χ0v) is 12.5. The molecule has 1 aliphatic carbocycles. The number of fused-ring (bicyclic) bond motifs is 1.